The zero-order chi connectivity index (χ0) is 18.2. The molecular formula is C16H21N3O5S. The molecule has 1 aromatic rings. The molecule has 0 saturated carbocycles. The first kappa shape index (κ1) is 18.1. The number of ether oxygens (including phenoxy) is 1. The smallest absolute Gasteiger partial charge is 0.336 e. The van der Waals surface area contributed by atoms with E-state index in [-0.39, 0.29) is 18.7 Å². The van der Waals surface area contributed by atoms with Gasteiger partial charge in [0.05, 0.1) is 16.3 Å². The minimum atomic E-state index is -1.37. The van der Waals surface area contributed by atoms with Gasteiger partial charge >= 0.3 is 5.97 Å². The third-order valence-electron chi connectivity index (χ3n) is 4.93. The summed E-state index contributed by atoms with van der Waals surface area (Å²) in [5.74, 6) is -0.301. The van der Waals surface area contributed by atoms with Gasteiger partial charge in [-0.2, -0.15) is 0 Å². The number of hydrogen-bond donors (Lipinski definition) is 3. The van der Waals surface area contributed by atoms with Gasteiger partial charge in [0, 0.05) is 33.0 Å². The molecule has 2 aliphatic rings. The van der Waals surface area contributed by atoms with Crippen LogP contribution in [0.2, 0.25) is 0 Å². The number of carboxylic acid groups (broad SMARTS) is 1. The second-order valence-corrected chi connectivity index (χ2v) is 7.41. The number of likely N-dealkylation sites (tertiary alicyclic amines) is 1. The average molecular weight is 367 g/mol. The van der Waals surface area contributed by atoms with Crippen LogP contribution in [0.5, 0.6) is 0 Å². The average Bonchev–Trinajstić information content (AvgIpc) is 2.60. The predicted molar refractivity (Wildman–Crippen MR) is 91.3 cm³/mol. The van der Waals surface area contributed by atoms with E-state index in [0.29, 0.717) is 30.4 Å². The summed E-state index contributed by atoms with van der Waals surface area (Å²) in [4.78, 5) is 30.1. The fourth-order valence-electron chi connectivity index (χ4n) is 3.20. The van der Waals surface area contributed by atoms with Gasteiger partial charge in [-0.1, -0.05) is 0 Å². The molecule has 0 aliphatic carbocycles. The van der Waals surface area contributed by atoms with Gasteiger partial charge in [-0.25, -0.2) is 9.78 Å². The zero-order valence-electron chi connectivity index (χ0n) is 14.1. The van der Waals surface area contributed by atoms with Crippen molar-refractivity contribution in [2.45, 2.75) is 36.0 Å². The molecule has 2 aliphatic heterocycles. The van der Waals surface area contributed by atoms with E-state index < -0.39 is 17.3 Å². The Hall–Kier alpha value is -1.68. The number of carbonyl (C=O) groups excluding carboxylic acids is 1. The van der Waals surface area contributed by atoms with Gasteiger partial charge in [-0.3, -0.25) is 9.69 Å². The summed E-state index contributed by atoms with van der Waals surface area (Å²) in [7, 11) is 1.40. The van der Waals surface area contributed by atoms with Gasteiger partial charge in [0.2, 0.25) is 5.91 Å². The number of piperidine rings is 1. The standard InChI is InChI=1S/C16H21N3O5S/c1-15(23,19-7-5-16(24-2,6-8-19)14(21)22)11-4-3-10-13(17-11)18-12(20)9-25-10/h3-4,23H,5-9H2,1-2H3,(H,21,22)(H,17,18,20)/t15-/m0/s1. The fourth-order valence-corrected chi connectivity index (χ4v) is 3.95. The molecule has 1 amide bonds. The number of carboxylic acids is 1. The summed E-state index contributed by atoms with van der Waals surface area (Å²) >= 11 is 1.41. The number of anilines is 1. The molecule has 8 nitrogen and oxygen atoms in total. The first-order chi connectivity index (χ1) is 11.8. The lowest BCUT2D eigenvalue weighted by molar-refractivity contribution is -0.180. The summed E-state index contributed by atoms with van der Waals surface area (Å²) in [6.07, 6.45) is 0.541. The van der Waals surface area contributed by atoms with Crippen molar-refractivity contribution in [2.24, 2.45) is 0 Å². The van der Waals surface area contributed by atoms with Crippen molar-refractivity contribution < 1.29 is 24.5 Å². The maximum Gasteiger partial charge on any atom is 0.336 e. The molecule has 0 radical (unpaired) electrons. The molecule has 3 rings (SSSR count). The Labute approximate surface area is 149 Å². The number of thioether (sulfide) groups is 1. The first-order valence-electron chi connectivity index (χ1n) is 7.99. The molecule has 1 aromatic heterocycles. The van der Waals surface area contributed by atoms with E-state index in [1.54, 1.807) is 17.9 Å². The summed E-state index contributed by atoms with van der Waals surface area (Å²) in [6.45, 7) is 2.33. The molecule has 136 valence electrons. The number of amides is 1. The van der Waals surface area contributed by atoms with Crippen molar-refractivity contribution in [1.82, 2.24) is 9.88 Å². The maximum atomic E-state index is 11.5. The van der Waals surface area contributed by atoms with Gasteiger partial charge in [0.1, 0.15) is 5.82 Å². The van der Waals surface area contributed by atoms with Gasteiger partial charge in [-0.15, -0.1) is 11.8 Å². The Morgan fingerprint density at radius 3 is 2.72 bits per heavy atom. The third-order valence-corrected chi connectivity index (χ3v) is 5.97. The van der Waals surface area contributed by atoms with Crippen molar-refractivity contribution in [1.29, 1.82) is 0 Å². The van der Waals surface area contributed by atoms with E-state index in [1.807, 2.05) is 6.07 Å². The van der Waals surface area contributed by atoms with Crippen LogP contribution in [0.4, 0.5) is 5.82 Å². The van der Waals surface area contributed by atoms with Crippen molar-refractivity contribution in [3.63, 3.8) is 0 Å². The van der Waals surface area contributed by atoms with Crippen molar-refractivity contribution in [3.05, 3.63) is 17.8 Å². The molecule has 0 unspecified atom stereocenters. The molecule has 0 bridgehead atoms. The molecule has 0 aromatic carbocycles. The van der Waals surface area contributed by atoms with Crippen LogP contribution in [0, 0.1) is 0 Å². The SMILES string of the molecule is COC1(C(=O)O)CCN([C@@](C)(O)c2ccc3c(n2)NC(=O)CS3)CC1. The van der Waals surface area contributed by atoms with Crippen LogP contribution >= 0.6 is 11.8 Å². The third kappa shape index (κ3) is 3.24. The number of rotatable bonds is 4. The second-order valence-electron chi connectivity index (χ2n) is 6.39. The fraction of sp³-hybridized carbons (Fsp3) is 0.562. The normalized spacial score (nSPS) is 22.6. The lowest BCUT2D eigenvalue weighted by atomic mass is 9.89. The Balaban J connectivity index is 1.80. The molecule has 3 N–H and O–H groups in total. The number of pyridine rings is 1. The van der Waals surface area contributed by atoms with Gasteiger partial charge in [-0.05, 0) is 19.1 Å². The highest BCUT2D eigenvalue weighted by Gasteiger charge is 2.46. The monoisotopic (exact) mass is 367 g/mol. The highest BCUT2D eigenvalue weighted by atomic mass is 32.2. The van der Waals surface area contributed by atoms with E-state index in [0.717, 1.165) is 4.90 Å². The maximum absolute atomic E-state index is 11.5. The van der Waals surface area contributed by atoms with E-state index in [4.69, 9.17) is 4.74 Å². The largest absolute Gasteiger partial charge is 0.479 e. The molecule has 0 spiro atoms. The van der Waals surface area contributed by atoms with E-state index in [1.165, 1.54) is 18.9 Å². The van der Waals surface area contributed by atoms with Gasteiger partial charge in [0.15, 0.2) is 11.3 Å². The van der Waals surface area contributed by atoms with Crippen molar-refractivity contribution in [3.8, 4) is 0 Å². The lowest BCUT2D eigenvalue weighted by Crippen LogP contribution is -2.56. The minimum Gasteiger partial charge on any atom is -0.479 e. The van der Waals surface area contributed by atoms with Gasteiger partial charge in [0.25, 0.3) is 0 Å². The van der Waals surface area contributed by atoms with Crippen LogP contribution in [0.1, 0.15) is 25.5 Å². The van der Waals surface area contributed by atoms with E-state index in [9.17, 15) is 19.8 Å². The van der Waals surface area contributed by atoms with Gasteiger partial charge < -0.3 is 20.3 Å². The molecule has 9 heteroatoms. The summed E-state index contributed by atoms with van der Waals surface area (Å²) in [5.41, 5.74) is -2.17. The highest BCUT2D eigenvalue weighted by molar-refractivity contribution is 8.00. The van der Waals surface area contributed by atoms with Crippen molar-refractivity contribution >= 4 is 29.5 Å². The van der Waals surface area contributed by atoms with Crippen LogP contribution in [0.15, 0.2) is 17.0 Å². The van der Waals surface area contributed by atoms with Crippen LogP contribution < -0.4 is 5.32 Å². The Bertz CT molecular complexity index is 701. The van der Waals surface area contributed by atoms with E-state index >= 15 is 0 Å². The molecular weight excluding hydrogens is 346 g/mol. The topological polar surface area (TPSA) is 112 Å². The predicted octanol–water partition coefficient (Wildman–Crippen LogP) is 0.856. The Kier molecular flexibility index (Phi) is 4.76. The van der Waals surface area contributed by atoms with Crippen LogP contribution in [-0.2, 0) is 20.1 Å². The quantitative estimate of drug-likeness (QED) is 0.718. The molecule has 1 atom stereocenters. The number of aliphatic hydroxyl groups is 1. The Morgan fingerprint density at radius 2 is 2.12 bits per heavy atom. The number of aromatic nitrogens is 1. The molecule has 25 heavy (non-hydrogen) atoms. The molecule has 1 saturated heterocycles. The number of carbonyl (C=O) groups is 2. The van der Waals surface area contributed by atoms with Crippen molar-refractivity contribution in [2.75, 3.05) is 31.3 Å². The zero-order valence-corrected chi connectivity index (χ0v) is 14.9. The highest BCUT2D eigenvalue weighted by Crippen LogP contribution is 2.36. The number of fused-ring (bicyclic) bond motifs is 1. The van der Waals surface area contributed by atoms with Crippen LogP contribution in [-0.4, -0.2) is 63.5 Å². The van der Waals surface area contributed by atoms with E-state index in [2.05, 4.69) is 10.3 Å². The Morgan fingerprint density at radius 1 is 1.44 bits per heavy atom. The number of nitrogens with one attached hydrogen (secondary N) is 1. The summed E-state index contributed by atoms with van der Waals surface area (Å²) < 4.78 is 5.22. The second kappa shape index (κ2) is 6.56. The molecule has 1 fully saturated rings. The number of aliphatic carboxylic acids is 1. The minimum absolute atomic E-state index is 0.119. The number of methoxy groups -OCH3 is 1. The van der Waals surface area contributed by atoms with Crippen LogP contribution in [0.3, 0.4) is 0 Å². The van der Waals surface area contributed by atoms with Crippen LogP contribution in [0.25, 0.3) is 0 Å². The number of hydrogen-bond acceptors (Lipinski definition) is 7. The molecule has 3 heterocycles. The number of nitrogens with zero attached hydrogens (tertiary/aromatic N) is 2. The summed E-state index contributed by atoms with van der Waals surface area (Å²) in [5, 5.41) is 23.1. The summed E-state index contributed by atoms with van der Waals surface area (Å²) in [6, 6.07) is 3.57. The lowest BCUT2D eigenvalue weighted by Gasteiger charge is -2.44. The first-order valence-corrected chi connectivity index (χ1v) is 8.97.